The highest BCUT2D eigenvalue weighted by Crippen LogP contribution is 2.38. The third-order valence-corrected chi connectivity index (χ3v) is 3.10. The van der Waals surface area contributed by atoms with Crippen LogP contribution in [0.4, 0.5) is 5.69 Å². The van der Waals surface area contributed by atoms with Crippen LogP contribution in [0.1, 0.15) is 37.3 Å². The number of benzene rings is 1. The predicted molar refractivity (Wildman–Crippen MR) is 63.3 cm³/mol. The molecule has 1 unspecified atom stereocenters. The molecule has 0 spiro atoms. The average Bonchev–Trinajstić information content (AvgIpc) is 2.14. The summed E-state index contributed by atoms with van der Waals surface area (Å²) in [6.45, 7) is 6.69. The van der Waals surface area contributed by atoms with Crippen molar-refractivity contribution in [1.29, 1.82) is 0 Å². The molecule has 1 aliphatic rings. The summed E-state index contributed by atoms with van der Waals surface area (Å²) < 4.78 is 0. The molecule has 1 aromatic carbocycles. The van der Waals surface area contributed by atoms with E-state index in [2.05, 4.69) is 44.3 Å². The van der Waals surface area contributed by atoms with Gasteiger partial charge in [-0.15, -0.1) is 0 Å². The van der Waals surface area contributed by atoms with E-state index in [0.717, 1.165) is 6.42 Å². The van der Waals surface area contributed by atoms with Crippen LogP contribution in [0.2, 0.25) is 0 Å². The minimum atomic E-state index is 0.0776. The Kier molecular flexibility index (Phi) is 2.47. The largest absolute Gasteiger partial charge is 0.396 e. The number of anilines is 1. The summed E-state index contributed by atoms with van der Waals surface area (Å²) >= 11 is 0. The minimum absolute atomic E-state index is 0.0776. The highest BCUT2D eigenvalue weighted by atomic mass is 16.3. The predicted octanol–water partition coefficient (Wildman–Crippen LogP) is 2.67. The zero-order valence-electron chi connectivity index (χ0n) is 9.67. The van der Waals surface area contributed by atoms with Crippen LogP contribution in [-0.4, -0.2) is 17.3 Å². The van der Waals surface area contributed by atoms with Gasteiger partial charge in [0.25, 0.3) is 0 Å². The van der Waals surface area contributed by atoms with E-state index in [9.17, 15) is 5.11 Å². The molecule has 0 amide bonds. The molecule has 0 bridgehead atoms. The third kappa shape index (κ3) is 2.00. The molecule has 0 saturated carbocycles. The van der Waals surface area contributed by atoms with E-state index in [0.29, 0.717) is 0 Å². The maximum Gasteiger partial charge on any atom is 0.0501 e. The molecule has 82 valence electrons. The lowest BCUT2D eigenvalue weighted by atomic mass is 9.81. The van der Waals surface area contributed by atoms with Crippen LogP contribution >= 0.6 is 0 Å². The zero-order valence-corrected chi connectivity index (χ0v) is 9.67. The molecule has 1 heterocycles. The minimum Gasteiger partial charge on any atom is -0.396 e. The summed E-state index contributed by atoms with van der Waals surface area (Å²) in [5, 5.41) is 12.9. The highest BCUT2D eigenvalue weighted by Gasteiger charge is 2.30. The van der Waals surface area contributed by atoms with Crippen LogP contribution in [0.5, 0.6) is 0 Å². The lowest BCUT2D eigenvalue weighted by Crippen LogP contribution is -2.38. The monoisotopic (exact) mass is 205 g/mol. The first-order valence-electron chi connectivity index (χ1n) is 5.51. The standard InChI is InChI=1S/C13H19NO/c1-9-4-5-11-10(8-15)7-13(2,3)14-12(11)6-9/h4-6,10,14-15H,7-8H2,1-3H3. The average molecular weight is 205 g/mol. The van der Waals surface area contributed by atoms with Crippen molar-refractivity contribution < 1.29 is 5.11 Å². The molecule has 1 aliphatic heterocycles. The van der Waals surface area contributed by atoms with Gasteiger partial charge in [0, 0.05) is 17.1 Å². The molecule has 0 aromatic heterocycles. The van der Waals surface area contributed by atoms with Gasteiger partial charge in [-0.25, -0.2) is 0 Å². The Morgan fingerprint density at radius 2 is 2.20 bits per heavy atom. The molecule has 2 N–H and O–H groups in total. The molecular weight excluding hydrogens is 186 g/mol. The number of fused-ring (bicyclic) bond motifs is 1. The number of aryl methyl sites for hydroxylation is 1. The van der Waals surface area contributed by atoms with Gasteiger partial charge >= 0.3 is 0 Å². The number of nitrogens with one attached hydrogen (secondary N) is 1. The van der Waals surface area contributed by atoms with Crippen molar-refractivity contribution in [1.82, 2.24) is 0 Å². The molecule has 0 fully saturated rings. The Bertz CT molecular complexity index is 371. The van der Waals surface area contributed by atoms with Crippen molar-refractivity contribution in [2.45, 2.75) is 38.6 Å². The van der Waals surface area contributed by atoms with E-state index < -0.39 is 0 Å². The SMILES string of the molecule is Cc1ccc2c(c1)NC(C)(C)CC2CO. The fraction of sp³-hybridized carbons (Fsp3) is 0.538. The van der Waals surface area contributed by atoms with Gasteiger partial charge in [0.1, 0.15) is 0 Å². The quantitative estimate of drug-likeness (QED) is 0.738. The molecule has 0 aliphatic carbocycles. The van der Waals surface area contributed by atoms with E-state index in [-0.39, 0.29) is 18.1 Å². The maximum atomic E-state index is 9.41. The Morgan fingerprint density at radius 3 is 2.87 bits per heavy atom. The third-order valence-electron chi connectivity index (χ3n) is 3.10. The summed E-state index contributed by atoms with van der Waals surface area (Å²) in [4.78, 5) is 0. The van der Waals surface area contributed by atoms with Crippen LogP contribution in [0.15, 0.2) is 18.2 Å². The fourth-order valence-electron chi connectivity index (χ4n) is 2.44. The Labute approximate surface area is 91.3 Å². The van der Waals surface area contributed by atoms with E-state index in [4.69, 9.17) is 0 Å². The molecule has 15 heavy (non-hydrogen) atoms. The zero-order chi connectivity index (χ0) is 11.1. The summed E-state index contributed by atoms with van der Waals surface area (Å²) in [5.74, 6) is 0.275. The molecule has 2 nitrogen and oxygen atoms in total. The molecule has 0 saturated heterocycles. The lowest BCUT2D eigenvalue weighted by molar-refractivity contribution is 0.241. The van der Waals surface area contributed by atoms with Crippen molar-refractivity contribution in [2.24, 2.45) is 0 Å². The van der Waals surface area contributed by atoms with Gasteiger partial charge in [0.2, 0.25) is 0 Å². The second kappa shape index (κ2) is 3.53. The van der Waals surface area contributed by atoms with Crippen LogP contribution < -0.4 is 5.32 Å². The van der Waals surface area contributed by atoms with Crippen molar-refractivity contribution in [3.63, 3.8) is 0 Å². The molecule has 2 heteroatoms. The first-order valence-corrected chi connectivity index (χ1v) is 5.51. The lowest BCUT2D eigenvalue weighted by Gasteiger charge is -2.38. The normalized spacial score (nSPS) is 23.1. The van der Waals surface area contributed by atoms with Crippen molar-refractivity contribution in [3.8, 4) is 0 Å². The van der Waals surface area contributed by atoms with Crippen molar-refractivity contribution >= 4 is 5.69 Å². The van der Waals surface area contributed by atoms with Crippen LogP contribution in [0.25, 0.3) is 0 Å². The van der Waals surface area contributed by atoms with Crippen LogP contribution in [0, 0.1) is 6.92 Å². The first-order chi connectivity index (χ1) is 7.02. The van der Waals surface area contributed by atoms with E-state index >= 15 is 0 Å². The number of hydrogen-bond donors (Lipinski definition) is 2. The van der Waals surface area contributed by atoms with Crippen LogP contribution in [-0.2, 0) is 0 Å². The second-order valence-electron chi connectivity index (χ2n) is 5.18. The number of aliphatic hydroxyl groups excluding tert-OH is 1. The number of aliphatic hydroxyl groups is 1. The summed E-state index contributed by atoms with van der Waals surface area (Å²) in [7, 11) is 0. The van der Waals surface area contributed by atoms with Crippen molar-refractivity contribution in [2.75, 3.05) is 11.9 Å². The van der Waals surface area contributed by atoms with Gasteiger partial charge in [-0.1, -0.05) is 12.1 Å². The molecule has 0 radical (unpaired) electrons. The first kappa shape index (κ1) is 10.5. The Balaban J connectivity index is 2.44. The Morgan fingerprint density at radius 1 is 1.47 bits per heavy atom. The summed E-state index contributed by atoms with van der Waals surface area (Å²) in [6.07, 6.45) is 0.986. The number of rotatable bonds is 1. The van der Waals surface area contributed by atoms with Gasteiger partial charge in [0.15, 0.2) is 0 Å². The topological polar surface area (TPSA) is 32.3 Å². The van der Waals surface area contributed by atoms with E-state index in [1.165, 1.54) is 16.8 Å². The van der Waals surface area contributed by atoms with Crippen LogP contribution in [0.3, 0.4) is 0 Å². The highest BCUT2D eigenvalue weighted by molar-refractivity contribution is 5.58. The second-order valence-corrected chi connectivity index (χ2v) is 5.18. The maximum absolute atomic E-state index is 9.41. The Hall–Kier alpha value is -1.02. The summed E-state index contributed by atoms with van der Waals surface area (Å²) in [5.41, 5.74) is 3.78. The summed E-state index contributed by atoms with van der Waals surface area (Å²) in [6, 6.07) is 6.41. The van der Waals surface area contributed by atoms with Crippen molar-refractivity contribution in [3.05, 3.63) is 29.3 Å². The number of hydrogen-bond acceptors (Lipinski definition) is 2. The fourth-order valence-corrected chi connectivity index (χ4v) is 2.44. The van der Waals surface area contributed by atoms with Gasteiger partial charge in [-0.2, -0.15) is 0 Å². The molecule has 2 rings (SSSR count). The van der Waals surface area contributed by atoms with E-state index in [1.807, 2.05) is 0 Å². The molecule has 1 aromatic rings. The van der Waals surface area contributed by atoms with Gasteiger partial charge in [0.05, 0.1) is 6.61 Å². The van der Waals surface area contributed by atoms with Gasteiger partial charge in [-0.05, 0) is 44.4 Å². The smallest absolute Gasteiger partial charge is 0.0501 e. The van der Waals surface area contributed by atoms with Gasteiger partial charge in [-0.3, -0.25) is 0 Å². The molecular formula is C13H19NO. The van der Waals surface area contributed by atoms with Gasteiger partial charge < -0.3 is 10.4 Å². The molecule has 1 atom stereocenters. The van der Waals surface area contributed by atoms with E-state index in [1.54, 1.807) is 0 Å².